The van der Waals surface area contributed by atoms with Gasteiger partial charge in [0.15, 0.2) is 0 Å². The van der Waals surface area contributed by atoms with Crippen molar-refractivity contribution in [2.75, 3.05) is 4.90 Å². The number of imide groups is 1. The Morgan fingerprint density at radius 2 is 1.63 bits per heavy atom. The van der Waals surface area contributed by atoms with Crippen LogP contribution in [0.25, 0.3) is 0 Å². The lowest BCUT2D eigenvalue weighted by Crippen LogP contribution is -2.54. The summed E-state index contributed by atoms with van der Waals surface area (Å²) >= 11 is 0. The normalized spacial score (nSPS) is 16.2. The topological polar surface area (TPSA) is 86.8 Å². The number of carbonyl (C=O) groups excluding carboxylic acids is 4. The van der Waals surface area contributed by atoms with E-state index in [0.29, 0.717) is 17.2 Å². The largest absolute Gasteiger partial charge is 0.274 e. The smallest absolute Gasteiger partial charge is 0.269 e. The zero-order valence-corrected chi connectivity index (χ0v) is 17.5. The van der Waals surface area contributed by atoms with Crippen LogP contribution in [0, 0.1) is 6.92 Å². The predicted octanol–water partition coefficient (Wildman–Crippen LogP) is 2.94. The highest BCUT2D eigenvalue weighted by molar-refractivity contribution is 6.23. The fourth-order valence-corrected chi connectivity index (χ4v) is 3.35. The first-order valence-electron chi connectivity index (χ1n) is 9.83. The van der Waals surface area contributed by atoms with Crippen molar-refractivity contribution in [2.24, 2.45) is 0 Å². The highest BCUT2D eigenvalue weighted by Crippen LogP contribution is 2.27. The number of hydrazine groups is 1. The molecule has 1 N–H and O–H groups in total. The van der Waals surface area contributed by atoms with Gasteiger partial charge >= 0.3 is 0 Å². The van der Waals surface area contributed by atoms with Gasteiger partial charge in [-0.15, -0.1) is 0 Å². The van der Waals surface area contributed by atoms with E-state index in [-0.39, 0.29) is 6.42 Å². The Kier molecular flexibility index (Phi) is 6.01. The first kappa shape index (κ1) is 21.2. The van der Waals surface area contributed by atoms with Gasteiger partial charge in [0.2, 0.25) is 11.8 Å². The molecule has 4 amide bonds. The van der Waals surface area contributed by atoms with Gasteiger partial charge in [-0.1, -0.05) is 43.7 Å². The van der Waals surface area contributed by atoms with Crippen LogP contribution in [0.3, 0.4) is 0 Å². The second-order valence-electron chi connectivity index (χ2n) is 7.73. The monoisotopic (exact) mass is 407 g/mol. The standard InChI is InChI=1S/C23H25N3O4/c1-14(2)17-9-11-19(12-10-17)25-21(28)13-20(23(25)30)26(16(4)27)24-22(29)18-7-5-15(3)6-8-18/h5-12,14,20H,13H2,1-4H3,(H,24,29). The molecule has 7 nitrogen and oxygen atoms in total. The first-order valence-corrected chi connectivity index (χ1v) is 9.83. The van der Waals surface area contributed by atoms with Gasteiger partial charge in [-0.3, -0.25) is 24.6 Å². The molecule has 1 heterocycles. The molecule has 0 radical (unpaired) electrons. The quantitative estimate of drug-likeness (QED) is 0.624. The van der Waals surface area contributed by atoms with Crippen LogP contribution in [0.2, 0.25) is 0 Å². The lowest BCUT2D eigenvalue weighted by atomic mass is 10.0. The molecule has 0 saturated carbocycles. The van der Waals surface area contributed by atoms with E-state index in [1.54, 1.807) is 36.4 Å². The van der Waals surface area contributed by atoms with Crippen LogP contribution in [0.1, 0.15) is 54.6 Å². The highest BCUT2D eigenvalue weighted by atomic mass is 16.2. The summed E-state index contributed by atoms with van der Waals surface area (Å²) < 4.78 is 0. The molecule has 7 heteroatoms. The molecule has 1 aliphatic heterocycles. The Balaban J connectivity index is 1.81. The molecule has 1 unspecified atom stereocenters. The van der Waals surface area contributed by atoms with E-state index >= 15 is 0 Å². The van der Waals surface area contributed by atoms with E-state index in [1.807, 2.05) is 19.1 Å². The molecule has 2 aromatic rings. The van der Waals surface area contributed by atoms with Crippen molar-refractivity contribution in [1.29, 1.82) is 0 Å². The molecule has 2 aromatic carbocycles. The van der Waals surface area contributed by atoms with Gasteiger partial charge in [0, 0.05) is 12.5 Å². The fourth-order valence-electron chi connectivity index (χ4n) is 3.35. The maximum atomic E-state index is 13.0. The molecule has 1 fully saturated rings. The summed E-state index contributed by atoms with van der Waals surface area (Å²) in [6.07, 6.45) is -0.196. The second-order valence-corrected chi connectivity index (χ2v) is 7.73. The maximum absolute atomic E-state index is 13.0. The molecule has 156 valence electrons. The summed E-state index contributed by atoms with van der Waals surface area (Å²) in [6.45, 7) is 7.25. The number of aryl methyl sites for hydroxylation is 1. The summed E-state index contributed by atoms with van der Waals surface area (Å²) in [5.41, 5.74) is 5.37. The second kappa shape index (κ2) is 8.49. The van der Waals surface area contributed by atoms with Crippen molar-refractivity contribution in [3.8, 4) is 0 Å². The number of carbonyl (C=O) groups is 4. The predicted molar refractivity (Wildman–Crippen MR) is 113 cm³/mol. The summed E-state index contributed by atoms with van der Waals surface area (Å²) in [7, 11) is 0. The number of amides is 4. The molecule has 1 aliphatic rings. The number of hydrogen-bond donors (Lipinski definition) is 1. The van der Waals surface area contributed by atoms with E-state index in [1.165, 1.54) is 6.92 Å². The number of benzene rings is 2. The van der Waals surface area contributed by atoms with Gasteiger partial charge in [0.05, 0.1) is 12.1 Å². The molecule has 1 saturated heterocycles. The van der Waals surface area contributed by atoms with Gasteiger partial charge in [-0.25, -0.2) is 9.91 Å². The zero-order valence-electron chi connectivity index (χ0n) is 17.5. The van der Waals surface area contributed by atoms with Crippen LogP contribution in [-0.2, 0) is 14.4 Å². The van der Waals surface area contributed by atoms with Gasteiger partial charge in [-0.05, 0) is 42.7 Å². The van der Waals surface area contributed by atoms with Crippen LogP contribution < -0.4 is 10.3 Å². The number of anilines is 1. The van der Waals surface area contributed by atoms with Crippen LogP contribution in [-0.4, -0.2) is 34.7 Å². The Morgan fingerprint density at radius 1 is 1.03 bits per heavy atom. The summed E-state index contributed by atoms with van der Waals surface area (Å²) in [5.74, 6) is -1.69. The molecule has 0 spiro atoms. The Morgan fingerprint density at radius 3 is 2.17 bits per heavy atom. The number of nitrogens with zero attached hydrogens (tertiary/aromatic N) is 2. The van der Waals surface area contributed by atoms with E-state index in [4.69, 9.17) is 0 Å². The van der Waals surface area contributed by atoms with Gasteiger partial charge in [0.25, 0.3) is 11.8 Å². The molecule has 0 aliphatic carbocycles. The van der Waals surface area contributed by atoms with Crippen LogP contribution in [0.15, 0.2) is 48.5 Å². The molecule has 0 bridgehead atoms. The molecule has 1 atom stereocenters. The van der Waals surface area contributed by atoms with Gasteiger partial charge < -0.3 is 0 Å². The SMILES string of the molecule is CC(=O)N(NC(=O)c1ccc(C)cc1)C1CC(=O)N(c2ccc(C(C)C)cc2)C1=O. The van der Waals surface area contributed by atoms with Crippen molar-refractivity contribution < 1.29 is 19.2 Å². The minimum absolute atomic E-state index is 0.196. The Labute approximate surface area is 175 Å². The molecule has 3 rings (SSSR count). The Bertz CT molecular complexity index is 981. The summed E-state index contributed by atoms with van der Waals surface area (Å²) in [4.78, 5) is 51.4. The average molecular weight is 407 g/mol. The number of rotatable bonds is 4. The first-order chi connectivity index (χ1) is 14.2. The highest BCUT2D eigenvalue weighted by Gasteiger charge is 2.44. The Hall–Kier alpha value is -3.48. The third-order valence-electron chi connectivity index (χ3n) is 5.13. The van der Waals surface area contributed by atoms with Gasteiger partial charge in [-0.2, -0.15) is 0 Å². The van der Waals surface area contributed by atoms with E-state index in [9.17, 15) is 19.2 Å². The summed E-state index contributed by atoms with van der Waals surface area (Å²) in [5, 5.41) is 0.949. The number of nitrogens with one attached hydrogen (secondary N) is 1. The van der Waals surface area contributed by atoms with Crippen molar-refractivity contribution in [2.45, 2.75) is 46.1 Å². The van der Waals surface area contributed by atoms with Crippen LogP contribution in [0.4, 0.5) is 5.69 Å². The third kappa shape index (κ3) is 4.25. The van der Waals surface area contributed by atoms with E-state index in [2.05, 4.69) is 19.3 Å². The average Bonchev–Trinajstić information content (AvgIpc) is 3.00. The maximum Gasteiger partial charge on any atom is 0.269 e. The summed E-state index contributed by atoms with van der Waals surface area (Å²) in [6, 6.07) is 12.9. The zero-order chi connectivity index (χ0) is 22.0. The van der Waals surface area contributed by atoms with Crippen LogP contribution in [0.5, 0.6) is 0 Å². The van der Waals surface area contributed by atoms with Crippen molar-refractivity contribution in [1.82, 2.24) is 10.4 Å². The molecular formula is C23H25N3O4. The number of hydrogen-bond acceptors (Lipinski definition) is 4. The van der Waals surface area contributed by atoms with E-state index in [0.717, 1.165) is 21.0 Å². The van der Waals surface area contributed by atoms with Crippen molar-refractivity contribution in [3.05, 3.63) is 65.2 Å². The molecular weight excluding hydrogens is 382 g/mol. The van der Waals surface area contributed by atoms with Crippen molar-refractivity contribution >= 4 is 29.3 Å². The lowest BCUT2D eigenvalue weighted by Gasteiger charge is -2.26. The van der Waals surface area contributed by atoms with Gasteiger partial charge in [0.1, 0.15) is 6.04 Å². The fraction of sp³-hybridized carbons (Fsp3) is 0.304. The molecule has 0 aromatic heterocycles. The van der Waals surface area contributed by atoms with Crippen molar-refractivity contribution in [3.63, 3.8) is 0 Å². The van der Waals surface area contributed by atoms with Crippen LogP contribution >= 0.6 is 0 Å². The lowest BCUT2D eigenvalue weighted by molar-refractivity contribution is -0.139. The molecule has 30 heavy (non-hydrogen) atoms. The van der Waals surface area contributed by atoms with E-state index < -0.39 is 29.7 Å². The minimum atomic E-state index is -1.09. The minimum Gasteiger partial charge on any atom is -0.274 e. The third-order valence-corrected chi connectivity index (χ3v) is 5.13.